The lowest BCUT2D eigenvalue weighted by molar-refractivity contribution is -0.144. The molecule has 3 aromatic rings. The molecule has 0 saturated heterocycles. The van der Waals surface area contributed by atoms with E-state index in [2.05, 4.69) is 35.4 Å². The highest BCUT2D eigenvalue weighted by atomic mass is 32.1. The maximum atomic E-state index is 12.4. The number of hydrogen-bond donors (Lipinski definition) is 1. The molecule has 130 valence electrons. The zero-order valence-corrected chi connectivity index (χ0v) is 15.3. The third-order valence-electron chi connectivity index (χ3n) is 4.01. The van der Waals surface area contributed by atoms with E-state index in [1.807, 2.05) is 37.3 Å². The van der Waals surface area contributed by atoms with Gasteiger partial charge in [0.1, 0.15) is 6.04 Å². The Morgan fingerprint density at radius 1 is 1.16 bits per heavy atom. The third kappa shape index (κ3) is 4.37. The zero-order valence-electron chi connectivity index (χ0n) is 14.5. The van der Waals surface area contributed by atoms with Crippen LogP contribution in [0.15, 0.2) is 48.5 Å². The fourth-order valence-electron chi connectivity index (χ4n) is 2.69. The quantitative estimate of drug-likeness (QED) is 0.637. The topological polar surface area (TPSA) is 51.2 Å². The van der Waals surface area contributed by atoms with Crippen molar-refractivity contribution < 1.29 is 9.53 Å². The van der Waals surface area contributed by atoms with E-state index in [0.29, 0.717) is 13.0 Å². The number of hydrogen-bond acceptors (Lipinski definition) is 5. The summed E-state index contributed by atoms with van der Waals surface area (Å²) >= 11 is 1.56. The summed E-state index contributed by atoms with van der Waals surface area (Å²) in [7, 11) is 0. The van der Waals surface area contributed by atoms with Crippen LogP contribution in [0.4, 0.5) is 5.13 Å². The van der Waals surface area contributed by atoms with Gasteiger partial charge in [-0.25, -0.2) is 9.78 Å². The molecular formula is C20H22N2O2S. The largest absolute Gasteiger partial charge is 0.464 e. The molecule has 0 fully saturated rings. The number of carbonyl (C=O) groups excluding carboxylic acids is 1. The Labute approximate surface area is 151 Å². The summed E-state index contributed by atoms with van der Waals surface area (Å²) in [6, 6.07) is 15.8. The molecule has 0 aliphatic carbocycles. The van der Waals surface area contributed by atoms with Crippen LogP contribution in [0.5, 0.6) is 0 Å². The van der Waals surface area contributed by atoms with Crippen LogP contribution in [-0.4, -0.2) is 23.6 Å². The molecule has 2 aromatic carbocycles. The highest BCUT2D eigenvalue weighted by molar-refractivity contribution is 7.22. The van der Waals surface area contributed by atoms with Gasteiger partial charge in [-0.3, -0.25) is 0 Å². The van der Waals surface area contributed by atoms with E-state index < -0.39 is 6.04 Å². The van der Waals surface area contributed by atoms with Crippen LogP contribution in [-0.2, 0) is 22.4 Å². The minimum atomic E-state index is -0.450. The maximum Gasteiger partial charge on any atom is 0.328 e. The van der Waals surface area contributed by atoms with Crippen molar-refractivity contribution >= 4 is 32.7 Å². The van der Waals surface area contributed by atoms with Crippen molar-refractivity contribution in [3.63, 3.8) is 0 Å². The standard InChI is InChI=1S/C20H22N2O2S/c1-3-14-10-11-18-16(12-14)21-20(25-18)22-17(19(23)24-4-2)13-15-8-6-5-7-9-15/h5-12,17H,3-4,13H2,1-2H3,(H,21,22)/t17-/m0/s1. The number of esters is 1. The molecule has 0 spiro atoms. The Kier molecular flexibility index (Phi) is 5.66. The van der Waals surface area contributed by atoms with Crippen molar-refractivity contribution in [3.8, 4) is 0 Å². The molecule has 1 atom stereocenters. The van der Waals surface area contributed by atoms with Crippen LogP contribution in [0.2, 0.25) is 0 Å². The Bertz CT molecular complexity index is 845. The highest BCUT2D eigenvalue weighted by Crippen LogP contribution is 2.27. The van der Waals surface area contributed by atoms with Crippen LogP contribution in [0.3, 0.4) is 0 Å². The molecule has 0 amide bonds. The lowest BCUT2D eigenvalue weighted by Gasteiger charge is -2.16. The van der Waals surface area contributed by atoms with E-state index in [1.165, 1.54) is 5.56 Å². The first-order valence-electron chi connectivity index (χ1n) is 8.56. The minimum Gasteiger partial charge on any atom is -0.464 e. The summed E-state index contributed by atoms with van der Waals surface area (Å²) in [5.74, 6) is -0.250. The first-order valence-corrected chi connectivity index (χ1v) is 9.37. The number of benzene rings is 2. The molecule has 0 aliphatic rings. The van der Waals surface area contributed by atoms with Crippen LogP contribution in [0, 0.1) is 0 Å². The summed E-state index contributed by atoms with van der Waals surface area (Å²) in [6.07, 6.45) is 1.55. The van der Waals surface area contributed by atoms with Gasteiger partial charge in [-0.05, 0) is 36.6 Å². The molecule has 0 bridgehead atoms. The average Bonchev–Trinajstić information content (AvgIpc) is 3.03. The van der Waals surface area contributed by atoms with E-state index in [0.717, 1.165) is 27.3 Å². The fraction of sp³-hybridized carbons (Fsp3) is 0.300. The molecule has 5 heteroatoms. The molecule has 0 saturated carbocycles. The number of aromatic nitrogens is 1. The summed E-state index contributed by atoms with van der Waals surface area (Å²) in [5, 5.41) is 4.02. The first-order chi connectivity index (χ1) is 12.2. The molecular weight excluding hydrogens is 332 g/mol. The minimum absolute atomic E-state index is 0.250. The number of carbonyl (C=O) groups is 1. The van der Waals surface area contributed by atoms with Crippen LogP contribution in [0.25, 0.3) is 10.2 Å². The van der Waals surface area contributed by atoms with Gasteiger partial charge in [0.15, 0.2) is 5.13 Å². The van der Waals surface area contributed by atoms with E-state index in [4.69, 9.17) is 4.74 Å². The van der Waals surface area contributed by atoms with Gasteiger partial charge in [0.2, 0.25) is 0 Å². The SMILES string of the molecule is CCOC(=O)[C@H](Cc1ccccc1)Nc1nc2cc(CC)ccc2s1. The number of thiazole rings is 1. The number of aryl methyl sites for hydroxylation is 1. The van der Waals surface area contributed by atoms with Crippen LogP contribution >= 0.6 is 11.3 Å². The number of nitrogens with zero attached hydrogens (tertiary/aromatic N) is 1. The van der Waals surface area contributed by atoms with Crippen LogP contribution in [0.1, 0.15) is 25.0 Å². The van der Waals surface area contributed by atoms with Crippen molar-refractivity contribution in [3.05, 3.63) is 59.7 Å². The van der Waals surface area contributed by atoms with Gasteiger partial charge in [-0.15, -0.1) is 0 Å². The molecule has 3 rings (SSSR count). The van der Waals surface area contributed by atoms with Crippen molar-refractivity contribution in [1.29, 1.82) is 0 Å². The number of anilines is 1. The molecule has 25 heavy (non-hydrogen) atoms. The summed E-state index contributed by atoms with van der Waals surface area (Å²) in [5.41, 5.74) is 3.31. The third-order valence-corrected chi connectivity index (χ3v) is 4.98. The Morgan fingerprint density at radius 3 is 2.68 bits per heavy atom. The van der Waals surface area contributed by atoms with Gasteiger partial charge in [0.25, 0.3) is 0 Å². The first kappa shape index (κ1) is 17.4. The molecule has 4 nitrogen and oxygen atoms in total. The van der Waals surface area contributed by atoms with Gasteiger partial charge in [0, 0.05) is 6.42 Å². The van der Waals surface area contributed by atoms with Gasteiger partial charge in [-0.1, -0.05) is 54.7 Å². The van der Waals surface area contributed by atoms with Gasteiger partial charge in [-0.2, -0.15) is 0 Å². The molecule has 1 aromatic heterocycles. The fourth-order valence-corrected chi connectivity index (χ4v) is 3.59. The summed E-state index contributed by atoms with van der Waals surface area (Å²) in [6.45, 7) is 4.32. The average molecular weight is 354 g/mol. The number of nitrogens with one attached hydrogen (secondary N) is 1. The molecule has 0 aliphatic heterocycles. The second-order valence-electron chi connectivity index (χ2n) is 5.81. The Hall–Kier alpha value is -2.40. The van der Waals surface area contributed by atoms with E-state index in [9.17, 15) is 4.79 Å². The number of rotatable bonds is 7. The highest BCUT2D eigenvalue weighted by Gasteiger charge is 2.21. The Balaban J connectivity index is 1.82. The van der Waals surface area contributed by atoms with Crippen molar-refractivity contribution in [2.75, 3.05) is 11.9 Å². The molecule has 0 radical (unpaired) electrons. The van der Waals surface area contributed by atoms with E-state index in [1.54, 1.807) is 11.3 Å². The van der Waals surface area contributed by atoms with E-state index >= 15 is 0 Å². The smallest absolute Gasteiger partial charge is 0.328 e. The molecule has 0 unspecified atom stereocenters. The second kappa shape index (κ2) is 8.12. The van der Waals surface area contributed by atoms with Crippen LogP contribution < -0.4 is 5.32 Å². The lowest BCUT2D eigenvalue weighted by Crippen LogP contribution is -2.33. The second-order valence-corrected chi connectivity index (χ2v) is 6.84. The van der Waals surface area contributed by atoms with Crippen molar-refractivity contribution in [1.82, 2.24) is 4.98 Å². The predicted octanol–water partition coefficient (Wildman–Crippen LogP) is 4.45. The normalized spacial score (nSPS) is 12.1. The summed E-state index contributed by atoms with van der Waals surface area (Å²) in [4.78, 5) is 17.0. The number of ether oxygens (including phenoxy) is 1. The molecule has 1 N–H and O–H groups in total. The Morgan fingerprint density at radius 2 is 1.96 bits per heavy atom. The maximum absolute atomic E-state index is 12.4. The number of fused-ring (bicyclic) bond motifs is 1. The predicted molar refractivity (Wildman–Crippen MR) is 103 cm³/mol. The van der Waals surface area contributed by atoms with Crippen molar-refractivity contribution in [2.24, 2.45) is 0 Å². The van der Waals surface area contributed by atoms with Gasteiger partial charge < -0.3 is 10.1 Å². The van der Waals surface area contributed by atoms with Gasteiger partial charge >= 0.3 is 5.97 Å². The van der Waals surface area contributed by atoms with Gasteiger partial charge in [0.05, 0.1) is 16.8 Å². The van der Waals surface area contributed by atoms with E-state index in [-0.39, 0.29) is 5.97 Å². The summed E-state index contributed by atoms with van der Waals surface area (Å²) < 4.78 is 6.35. The molecule has 1 heterocycles. The monoisotopic (exact) mass is 354 g/mol. The van der Waals surface area contributed by atoms with Crippen molar-refractivity contribution in [2.45, 2.75) is 32.7 Å². The zero-order chi connectivity index (χ0) is 17.6. The lowest BCUT2D eigenvalue weighted by atomic mass is 10.1.